The fourth-order valence-electron chi connectivity index (χ4n) is 1.76. The summed E-state index contributed by atoms with van der Waals surface area (Å²) in [7, 11) is 1.32. The minimum Gasteiger partial charge on any atom is -0.464 e. The van der Waals surface area contributed by atoms with Crippen molar-refractivity contribution in [3.63, 3.8) is 0 Å². The lowest BCUT2D eigenvalue weighted by Gasteiger charge is -2.06. The van der Waals surface area contributed by atoms with E-state index in [1.807, 2.05) is 12.1 Å². The van der Waals surface area contributed by atoms with Gasteiger partial charge in [0.1, 0.15) is 0 Å². The number of hydrogen-bond donors (Lipinski definition) is 1. The van der Waals surface area contributed by atoms with Crippen LogP contribution >= 0.6 is 0 Å². The van der Waals surface area contributed by atoms with Crippen LogP contribution in [0.15, 0.2) is 24.5 Å². The third-order valence-corrected chi connectivity index (χ3v) is 2.68. The van der Waals surface area contributed by atoms with E-state index >= 15 is 0 Å². The average Bonchev–Trinajstić information content (AvgIpc) is 2.83. The summed E-state index contributed by atoms with van der Waals surface area (Å²) in [6.45, 7) is 0.926. The van der Waals surface area contributed by atoms with Crippen molar-refractivity contribution in [2.45, 2.75) is 13.0 Å². The molecule has 2 heterocycles. The number of nitrogens with zero attached hydrogens (tertiary/aromatic N) is 4. The topological polar surface area (TPSA) is 95.9 Å². The van der Waals surface area contributed by atoms with Crippen molar-refractivity contribution >= 4 is 5.97 Å². The lowest BCUT2D eigenvalue weighted by Crippen LogP contribution is -2.14. The van der Waals surface area contributed by atoms with E-state index in [2.05, 4.69) is 20.0 Å². The Bertz CT molecular complexity index is 553. The molecule has 0 atom stereocenters. The van der Waals surface area contributed by atoms with Crippen LogP contribution < -0.4 is 5.73 Å². The Labute approximate surface area is 110 Å². The van der Waals surface area contributed by atoms with Gasteiger partial charge in [0.2, 0.25) is 0 Å². The van der Waals surface area contributed by atoms with Crippen LogP contribution in [0.2, 0.25) is 0 Å². The number of carbonyl (C=O) groups excluding carboxylic acids is 1. The van der Waals surface area contributed by atoms with Crippen molar-refractivity contribution in [3.05, 3.63) is 41.5 Å². The fraction of sp³-hybridized carbons (Fsp3) is 0.333. The molecular formula is C12H15N5O2. The zero-order chi connectivity index (χ0) is 13.7. The average molecular weight is 261 g/mol. The highest BCUT2D eigenvalue weighted by Gasteiger charge is 2.19. The molecule has 0 amide bonds. The van der Waals surface area contributed by atoms with Crippen molar-refractivity contribution < 1.29 is 9.53 Å². The first-order valence-corrected chi connectivity index (χ1v) is 5.86. The second-order valence-electron chi connectivity index (χ2n) is 3.93. The molecule has 0 unspecified atom stereocenters. The number of nitrogens with two attached hydrogens (primary N) is 1. The summed E-state index contributed by atoms with van der Waals surface area (Å²) in [4.78, 5) is 15.5. The summed E-state index contributed by atoms with van der Waals surface area (Å²) in [6.07, 6.45) is 3.93. The first kappa shape index (κ1) is 13.2. The number of pyridine rings is 1. The number of hydrogen-bond acceptors (Lipinski definition) is 6. The molecule has 0 radical (unpaired) electrons. The highest BCUT2D eigenvalue weighted by Crippen LogP contribution is 2.10. The van der Waals surface area contributed by atoms with Crippen molar-refractivity contribution in [1.29, 1.82) is 0 Å². The van der Waals surface area contributed by atoms with Crippen LogP contribution in [0, 0.1) is 0 Å². The molecule has 0 bridgehead atoms. The lowest BCUT2D eigenvalue weighted by molar-refractivity contribution is 0.0592. The monoisotopic (exact) mass is 261 g/mol. The van der Waals surface area contributed by atoms with Gasteiger partial charge in [-0.3, -0.25) is 4.98 Å². The first-order valence-electron chi connectivity index (χ1n) is 5.86. The van der Waals surface area contributed by atoms with E-state index in [9.17, 15) is 4.79 Å². The summed E-state index contributed by atoms with van der Waals surface area (Å²) in [5.74, 6) is -0.496. The smallest absolute Gasteiger partial charge is 0.360 e. The molecule has 0 aliphatic rings. The maximum atomic E-state index is 11.6. The maximum absolute atomic E-state index is 11.6. The predicted octanol–water partition coefficient (Wildman–Crippen LogP) is 0.00920. The van der Waals surface area contributed by atoms with Gasteiger partial charge in [-0.05, 0) is 24.2 Å². The minimum atomic E-state index is -0.496. The summed E-state index contributed by atoms with van der Waals surface area (Å²) < 4.78 is 6.34. The maximum Gasteiger partial charge on any atom is 0.360 e. The van der Waals surface area contributed by atoms with Crippen LogP contribution in [0.25, 0.3) is 0 Å². The van der Waals surface area contributed by atoms with Crippen LogP contribution in [0.5, 0.6) is 0 Å². The van der Waals surface area contributed by atoms with E-state index in [0.29, 0.717) is 25.2 Å². The van der Waals surface area contributed by atoms with Gasteiger partial charge in [0.05, 0.1) is 19.3 Å². The van der Waals surface area contributed by atoms with Gasteiger partial charge in [-0.2, -0.15) is 0 Å². The van der Waals surface area contributed by atoms with Gasteiger partial charge in [0.25, 0.3) is 0 Å². The Balaban J connectivity index is 2.30. The number of rotatable bonds is 5. The minimum absolute atomic E-state index is 0.224. The molecule has 100 valence electrons. The van der Waals surface area contributed by atoms with Crippen LogP contribution in [-0.4, -0.2) is 39.6 Å². The SMILES string of the molecule is COC(=O)c1nnn(Cc2ccncc2)c1CCN. The number of ether oxygens (including phenoxy) is 1. The molecule has 2 aromatic rings. The molecule has 0 saturated heterocycles. The van der Waals surface area contributed by atoms with Crippen molar-refractivity contribution in [3.8, 4) is 0 Å². The van der Waals surface area contributed by atoms with Crippen LogP contribution in [0.3, 0.4) is 0 Å². The number of esters is 1. The largest absolute Gasteiger partial charge is 0.464 e. The van der Waals surface area contributed by atoms with Crippen molar-refractivity contribution in [2.75, 3.05) is 13.7 Å². The highest BCUT2D eigenvalue weighted by atomic mass is 16.5. The van der Waals surface area contributed by atoms with E-state index in [0.717, 1.165) is 5.56 Å². The number of carbonyl (C=O) groups is 1. The molecule has 7 nitrogen and oxygen atoms in total. The van der Waals surface area contributed by atoms with Gasteiger partial charge in [-0.1, -0.05) is 5.21 Å². The lowest BCUT2D eigenvalue weighted by atomic mass is 10.2. The third-order valence-electron chi connectivity index (χ3n) is 2.68. The molecule has 0 saturated carbocycles. The Morgan fingerprint density at radius 2 is 2.16 bits per heavy atom. The molecule has 0 fully saturated rings. The van der Waals surface area contributed by atoms with Crippen molar-refractivity contribution in [2.24, 2.45) is 5.73 Å². The molecule has 0 aliphatic heterocycles. The summed E-state index contributed by atoms with van der Waals surface area (Å²) in [5.41, 5.74) is 7.49. The van der Waals surface area contributed by atoms with Gasteiger partial charge in [-0.25, -0.2) is 9.48 Å². The Morgan fingerprint density at radius 1 is 1.42 bits per heavy atom. The molecule has 19 heavy (non-hydrogen) atoms. The molecule has 2 N–H and O–H groups in total. The van der Waals surface area contributed by atoms with E-state index in [4.69, 9.17) is 5.73 Å². The van der Waals surface area contributed by atoms with Crippen LogP contribution in [0.1, 0.15) is 21.7 Å². The molecule has 0 aromatic carbocycles. The summed E-state index contributed by atoms with van der Waals surface area (Å²) >= 11 is 0. The van der Waals surface area contributed by atoms with Gasteiger partial charge < -0.3 is 10.5 Å². The number of methoxy groups -OCH3 is 1. The van der Waals surface area contributed by atoms with Crippen LogP contribution in [-0.2, 0) is 17.7 Å². The summed E-state index contributed by atoms with van der Waals surface area (Å²) in [5, 5.41) is 7.86. The van der Waals surface area contributed by atoms with E-state index in [1.165, 1.54) is 7.11 Å². The first-order chi connectivity index (χ1) is 9.26. The second-order valence-corrected chi connectivity index (χ2v) is 3.93. The standard InChI is InChI=1S/C12H15N5O2/c1-19-12(18)11-10(2-5-13)17(16-15-11)8-9-3-6-14-7-4-9/h3-4,6-7H,2,5,8,13H2,1H3. The highest BCUT2D eigenvalue weighted by molar-refractivity contribution is 5.88. The number of aromatic nitrogens is 4. The second kappa shape index (κ2) is 6.05. The molecule has 0 spiro atoms. The molecule has 2 rings (SSSR count). The molecular weight excluding hydrogens is 246 g/mol. The Morgan fingerprint density at radius 3 is 2.79 bits per heavy atom. The summed E-state index contributed by atoms with van der Waals surface area (Å²) in [6, 6.07) is 3.76. The van der Waals surface area contributed by atoms with Crippen LogP contribution in [0.4, 0.5) is 0 Å². The van der Waals surface area contributed by atoms with E-state index < -0.39 is 5.97 Å². The zero-order valence-electron chi connectivity index (χ0n) is 10.6. The Hall–Kier alpha value is -2.28. The zero-order valence-corrected chi connectivity index (χ0v) is 10.6. The predicted molar refractivity (Wildman–Crippen MR) is 67.5 cm³/mol. The molecule has 7 heteroatoms. The Kier molecular flexibility index (Phi) is 4.19. The molecule has 0 aliphatic carbocycles. The fourth-order valence-corrected chi connectivity index (χ4v) is 1.76. The quantitative estimate of drug-likeness (QED) is 0.762. The van der Waals surface area contributed by atoms with Crippen molar-refractivity contribution in [1.82, 2.24) is 20.0 Å². The van der Waals surface area contributed by atoms with E-state index in [1.54, 1.807) is 17.1 Å². The van der Waals surface area contributed by atoms with Gasteiger partial charge in [0.15, 0.2) is 5.69 Å². The van der Waals surface area contributed by atoms with E-state index in [-0.39, 0.29) is 5.69 Å². The normalized spacial score (nSPS) is 10.4. The van der Waals surface area contributed by atoms with Gasteiger partial charge in [-0.15, -0.1) is 5.10 Å². The molecule has 2 aromatic heterocycles. The van der Waals surface area contributed by atoms with Gasteiger partial charge in [0, 0.05) is 18.8 Å². The third kappa shape index (κ3) is 2.94. The van der Waals surface area contributed by atoms with Gasteiger partial charge >= 0.3 is 5.97 Å².